The zero-order valence-corrected chi connectivity index (χ0v) is 13.0. The molecule has 0 saturated heterocycles. The first kappa shape index (κ1) is 13.4. The molecular formula is C19H20N2O. The van der Waals surface area contributed by atoms with Gasteiger partial charge in [0.25, 0.3) is 0 Å². The van der Waals surface area contributed by atoms with Crippen molar-refractivity contribution >= 4 is 5.71 Å². The molecule has 3 nitrogen and oxygen atoms in total. The van der Waals surface area contributed by atoms with Crippen molar-refractivity contribution < 1.29 is 4.74 Å². The maximum absolute atomic E-state index is 6.19. The summed E-state index contributed by atoms with van der Waals surface area (Å²) < 4.78 is 6.19. The van der Waals surface area contributed by atoms with Crippen LogP contribution in [-0.4, -0.2) is 11.3 Å². The van der Waals surface area contributed by atoms with Crippen LogP contribution < -0.4 is 10.2 Å². The summed E-state index contributed by atoms with van der Waals surface area (Å²) in [6, 6.07) is 17.0. The minimum atomic E-state index is -0.111. The van der Waals surface area contributed by atoms with Gasteiger partial charge >= 0.3 is 0 Å². The third kappa shape index (κ3) is 2.27. The van der Waals surface area contributed by atoms with Crippen LogP contribution in [0.25, 0.3) is 0 Å². The zero-order valence-electron chi connectivity index (χ0n) is 13.0. The van der Waals surface area contributed by atoms with E-state index in [4.69, 9.17) is 4.74 Å². The van der Waals surface area contributed by atoms with Gasteiger partial charge in [-0.3, -0.25) is 0 Å². The van der Waals surface area contributed by atoms with E-state index in [1.807, 2.05) is 6.07 Å². The first-order valence-electron chi connectivity index (χ1n) is 7.81. The van der Waals surface area contributed by atoms with E-state index in [0.29, 0.717) is 0 Å². The summed E-state index contributed by atoms with van der Waals surface area (Å²) >= 11 is 0. The van der Waals surface area contributed by atoms with Crippen molar-refractivity contribution in [2.75, 3.05) is 0 Å². The Morgan fingerprint density at radius 2 is 1.91 bits per heavy atom. The molecule has 0 aliphatic carbocycles. The average molecular weight is 292 g/mol. The minimum Gasteiger partial charge on any atom is -0.487 e. The lowest BCUT2D eigenvalue weighted by atomic mass is 9.95. The molecule has 2 aromatic rings. The standard InChI is InChI=1S/C19H20N2O/c1-19(2)12-14-9-6-10-15(18(14)22-19)17-11-16(20-21-17)13-7-4-3-5-8-13/h3-10,17,21H,11-12H2,1-2H3. The molecule has 3 heteroatoms. The number of nitrogens with zero attached hydrogens (tertiary/aromatic N) is 1. The van der Waals surface area contributed by atoms with Gasteiger partial charge < -0.3 is 10.2 Å². The molecule has 0 saturated carbocycles. The van der Waals surface area contributed by atoms with E-state index in [-0.39, 0.29) is 11.6 Å². The summed E-state index contributed by atoms with van der Waals surface area (Å²) in [6.07, 6.45) is 1.86. The van der Waals surface area contributed by atoms with E-state index in [0.717, 1.165) is 24.3 Å². The van der Waals surface area contributed by atoms with Gasteiger partial charge in [-0.05, 0) is 25.0 Å². The Hall–Kier alpha value is -2.29. The first-order chi connectivity index (χ1) is 10.6. The molecule has 112 valence electrons. The number of para-hydroxylation sites is 1. The van der Waals surface area contributed by atoms with E-state index >= 15 is 0 Å². The quantitative estimate of drug-likeness (QED) is 0.912. The lowest BCUT2D eigenvalue weighted by molar-refractivity contribution is 0.136. The largest absolute Gasteiger partial charge is 0.487 e. The van der Waals surface area contributed by atoms with E-state index in [9.17, 15) is 0 Å². The molecule has 0 spiro atoms. The van der Waals surface area contributed by atoms with Gasteiger partial charge in [-0.25, -0.2) is 0 Å². The maximum Gasteiger partial charge on any atom is 0.128 e. The molecule has 1 unspecified atom stereocenters. The molecule has 2 heterocycles. The molecule has 0 bridgehead atoms. The van der Waals surface area contributed by atoms with Crippen LogP contribution in [0.15, 0.2) is 53.6 Å². The third-order valence-corrected chi connectivity index (χ3v) is 4.36. The van der Waals surface area contributed by atoms with Crippen molar-refractivity contribution in [3.8, 4) is 5.75 Å². The second kappa shape index (κ2) is 4.87. The molecule has 2 aliphatic rings. The van der Waals surface area contributed by atoms with Crippen LogP contribution in [0, 0.1) is 0 Å². The highest BCUT2D eigenvalue weighted by Crippen LogP contribution is 2.41. The Bertz CT molecular complexity index is 734. The van der Waals surface area contributed by atoms with Crippen LogP contribution in [0.4, 0.5) is 0 Å². The van der Waals surface area contributed by atoms with Crippen LogP contribution in [0.5, 0.6) is 5.75 Å². The van der Waals surface area contributed by atoms with Crippen molar-refractivity contribution in [1.29, 1.82) is 0 Å². The van der Waals surface area contributed by atoms with Gasteiger partial charge in [-0.15, -0.1) is 0 Å². The molecular weight excluding hydrogens is 272 g/mol. The highest BCUT2D eigenvalue weighted by atomic mass is 16.5. The number of fused-ring (bicyclic) bond motifs is 1. The smallest absolute Gasteiger partial charge is 0.128 e. The molecule has 2 aliphatic heterocycles. The van der Waals surface area contributed by atoms with Crippen LogP contribution in [0.3, 0.4) is 0 Å². The van der Waals surface area contributed by atoms with Gasteiger partial charge in [0.05, 0.1) is 11.8 Å². The lowest BCUT2D eigenvalue weighted by Gasteiger charge is -2.20. The fourth-order valence-corrected chi connectivity index (χ4v) is 3.35. The Morgan fingerprint density at radius 3 is 2.73 bits per heavy atom. The highest BCUT2D eigenvalue weighted by Gasteiger charge is 2.34. The number of hydrazone groups is 1. The predicted octanol–water partition coefficient (Wildman–Crippen LogP) is 3.84. The summed E-state index contributed by atoms with van der Waals surface area (Å²) in [5, 5.41) is 4.54. The van der Waals surface area contributed by atoms with Gasteiger partial charge in [0.2, 0.25) is 0 Å². The number of benzene rings is 2. The van der Waals surface area contributed by atoms with Crippen LogP contribution >= 0.6 is 0 Å². The SMILES string of the molecule is CC1(C)Cc2cccc(C3CC(c4ccccc4)=NN3)c2O1. The van der Waals surface area contributed by atoms with Crippen molar-refractivity contribution in [2.24, 2.45) is 5.10 Å². The van der Waals surface area contributed by atoms with Crippen LogP contribution in [0.2, 0.25) is 0 Å². The van der Waals surface area contributed by atoms with Crippen molar-refractivity contribution in [2.45, 2.75) is 38.3 Å². The topological polar surface area (TPSA) is 33.6 Å². The second-order valence-corrected chi connectivity index (χ2v) is 6.68. The normalized spacial score (nSPS) is 21.7. The molecule has 2 aromatic carbocycles. The summed E-state index contributed by atoms with van der Waals surface area (Å²) in [5.41, 5.74) is 8.00. The average Bonchev–Trinajstić information content (AvgIpc) is 3.10. The van der Waals surface area contributed by atoms with Crippen molar-refractivity contribution in [3.05, 3.63) is 65.2 Å². The summed E-state index contributed by atoms with van der Waals surface area (Å²) in [7, 11) is 0. The van der Waals surface area contributed by atoms with Gasteiger partial charge in [-0.2, -0.15) is 5.10 Å². The zero-order chi connectivity index (χ0) is 15.2. The van der Waals surface area contributed by atoms with Gasteiger partial charge in [0, 0.05) is 18.4 Å². The predicted molar refractivity (Wildman–Crippen MR) is 88.3 cm³/mol. The fraction of sp³-hybridized carbons (Fsp3) is 0.316. The number of ether oxygens (including phenoxy) is 1. The molecule has 0 radical (unpaired) electrons. The molecule has 0 aromatic heterocycles. The highest BCUT2D eigenvalue weighted by molar-refractivity contribution is 6.01. The Labute approximate surface area is 131 Å². The maximum atomic E-state index is 6.19. The fourth-order valence-electron chi connectivity index (χ4n) is 3.35. The molecule has 4 rings (SSSR count). The molecule has 0 amide bonds. The lowest BCUT2D eigenvalue weighted by Crippen LogP contribution is -2.25. The molecule has 1 atom stereocenters. The Morgan fingerprint density at radius 1 is 1.09 bits per heavy atom. The van der Waals surface area contributed by atoms with Crippen LogP contribution in [-0.2, 0) is 6.42 Å². The van der Waals surface area contributed by atoms with E-state index < -0.39 is 0 Å². The van der Waals surface area contributed by atoms with E-state index in [1.54, 1.807) is 0 Å². The summed E-state index contributed by atoms with van der Waals surface area (Å²) in [6.45, 7) is 4.29. The van der Waals surface area contributed by atoms with E-state index in [2.05, 4.69) is 66.8 Å². The first-order valence-corrected chi connectivity index (χ1v) is 7.81. The number of nitrogens with one attached hydrogen (secondary N) is 1. The van der Waals surface area contributed by atoms with E-state index in [1.165, 1.54) is 16.7 Å². The van der Waals surface area contributed by atoms with Crippen LogP contribution in [0.1, 0.15) is 43.0 Å². The van der Waals surface area contributed by atoms with Gasteiger partial charge in [0.15, 0.2) is 0 Å². The summed E-state index contributed by atoms with van der Waals surface area (Å²) in [4.78, 5) is 0. The Kier molecular flexibility index (Phi) is 2.96. The monoisotopic (exact) mass is 292 g/mol. The molecule has 22 heavy (non-hydrogen) atoms. The Balaban J connectivity index is 1.61. The number of hydrogen-bond donors (Lipinski definition) is 1. The third-order valence-electron chi connectivity index (χ3n) is 4.36. The second-order valence-electron chi connectivity index (χ2n) is 6.68. The summed E-state index contributed by atoms with van der Waals surface area (Å²) in [5.74, 6) is 1.05. The minimum absolute atomic E-state index is 0.111. The van der Waals surface area contributed by atoms with Crippen molar-refractivity contribution in [3.63, 3.8) is 0 Å². The number of hydrogen-bond acceptors (Lipinski definition) is 3. The van der Waals surface area contributed by atoms with Gasteiger partial charge in [-0.1, -0.05) is 48.5 Å². The van der Waals surface area contributed by atoms with Gasteiger partial charge in [0.1, 0.15) is 11.4 Å². The molecule has 0 fully saturated rings. The van der Waals surface area contributed by atoms with Crippen molar-refractivity contribution in [1.82, 2.24) is 5.43 Å². The number of rotatable bonds is 2. The molecule has 1 N–H and O–H groups in total.